The van der Waals surface area contributed by atoms with Crippen LogP contribution in [0.4, 0.5) is 0 Å². The molecule has 92 valence electrons. The average molecular weight is 233 g/mol. The van der Waals surface area contributed by atoms with Crippen molar-refractivity contribution in [2.45, 2.75) is 25.3 Å². The van der Waals surface area contributed by atoms with E-state index in [1.54, 1.807) is 12.4 Å². The Kier molecular flexibility index (Phi) is 4.09. The van der Waals surface area contributed by atoms with Crippen LogP contribution in [0.25, 0.3) is 0 Å². The summed E-state index contributed by atoms with van der Waals surface area (Å²) in [5, 5.41) is 3.23. The summed E-state index contributed by atoms with van der Waals surface area (Å²) in [7, 11) is 1.88. The molecule has 1 amide bonds. The number of nitrogens with one attached hydrogen (secondary N) is 1. The van der Waals surface area contributed by atoms with Crippen LogP contribution in [0.1, 0.15) is 18.4 Å². The number of nitrogens with zero attached hydrogens (tertiary/aromatic N) is 2. The molecule has 1 fully saturated rings. The van der Waals surface area contributed by atoms with Gasteiger partial charge < -0.3 is 10.2 Å². The Morgan fingerprint density at radius 1 is 1.53 bits per heavy atom. The summed E-state index contributed by atoms with van der Waals surface area (Å²) in [6.07, 6.45) is 6.54. The van der Waals surface area contributed by atoms with Crippen molar-refractivity contribution in [3.8, 4) is 0 Å². The van der Waals surface area contributed by atoms with Gasteiger partial charge in [-0.25, -0.2) is 0 Å². The van der Waals surface area contributed by atoms with Gasteiger partial charge in [0.05, 0.1) is 6.04 Å². The van der Waals surface area contributed by atoms with Crippen molar-refractivity contribution in [3.63, 3.8) is 0 Å². The van der Waals surface area contributed by atoms with Gasteiger partial charge >= 0.3 is 0 Å². The molecule has 1 aliphatic rings. The Balaban J connectivity index is 1.80. The third-order valence-electron chi connectivity index (χ3n) is 3.22. The van der Waals surface area contributed by atoms with Crippen molar-refractivity contribution in [1.82, 2.24) is 15.2 Å². The van der Waals surface area contributed by atoms with E-state index in [1.807, 2.05) is 24.1 Å². The van der Waals surface area contributed by atoms with Crippen molar-refractivity contribution >= 4 is 5.91 Å². The molecular formula is C13H19N3O. The molecule has 1 aromatic rings. The number of aromatic nitrogens is 1. The first-order valence-electron chi connectivity index (χ1n) is 6.14. The van der Waals surface area contributed by atoms with Gasteiger partial charge in [-0.05, 0) is 43.5 Å². The first kappa shape index (κ1) is 12.0. The Hall–Kier alpha value is -1.42. The predicted molar refractivity (Wildman–Crippen MR) is 66.6 cm³/mol. The van der Waals surface area contributed by atoms with E-state index in [1.165, 1.54) is 5.56 Å². The van der Waals surface area contributed by atoms with Gasteiger partial charge in [0, 0.05) is 26.0 Å². The quantitative estimate of drug-likeness (QED) is 0.838. The minimum Gasteiger partial charge on any atom is -0.344 e. The molecule has 2 rings (SSSR count). The van der Waals surface area contributed by atoms with E-state index < -0.39 is 0 Å². The molecule has 4 heteroatoms. The smallest absolute Gasteiger partial charge is 0.239 e. The second-order valence-electron chi connectivity index (χ2n) is 4.51. The summed E-state index contributed by atoms with van der Waals surface area (Å²) in [5.74, 6) is 0.219. The first-order chi connectivity index (χ1) is 8.27. The van der Waals surface area contributed by atoms with Crippen LogP contribution in [0.2, 0.25) is 0 Å². The molecule has 1 aliphatic heterocycles. The highest BCUT2D eigenvalue weighted by atomic mass is 16.2. The maximum Gasteiger partial charge on any atom is 0.239 e. The topological polar surface area (TPSA) is 45.2 Å². The molecule has 1 N–H and O–H groups in total. The second-order valence-corrected chi connectivity index (χ2v) is 4.51. The summed E-state index contributed by atoms with van der Waals surface area (Å²) in [4.78, 5) is 17.8. The molecule has 2 heterocycles. The maximum absolute atomic E-state index is 12.0. The summed E-state index contributed by atoms with van der Waals surface area (Å²) in [6.45, 7) is 1.73. The number of hydrogen-bond donors (Lipinski definition) is 1. The molecule has 0 unspecified atom stereocenters. The number of carbonyl (C=O) groups is 1. The minimum atomic E-state index is 0.0393. The van der Waals surface area contributed by atoms with E-state index in [0.29, 0.717) is 0 Å². The molecule has 1 atom stereocenters. The molecule has 1 saturated heterocycles. The lowest BCUT2D eigenvalue weighted by atomic mass is 10.1. The van der Waals surface area contributed by atoms with Crippen LogP contribution >= 0.6 is 0 Å². The van der Waals surface area contributed by atoms with E-state index in [2.05, 4.69) is 10.3 Å². The summed E-state index contributed by atoms with van der Waals surface area (Å²) in [5.41, 5.74) is 1.22. The van der Waals surface area contributed by atoms with Crippen LogP contribution in [-0.4, -0.2) is 42.0 Å². The first-order valence-corrected chi connectivity index (χ1v) is 6.14. The van der Waals surface area contributed by atoms with Gasteiger partial charge in [0.1, 0.15) is 0 Å². The second kappa shape index (κ2) is 5.77. The van der Waals surface area contributed by atoms with Crippen LogP contribution < -0.4 is 5.32 Å². The lowest BCUT2D eigenvalue weighted by Gasteiger charge is -2.21. The third-order valence-corrected chi connectivity index (χ3v) is 3.22. The van der Waals surface area contributed by atoms with Crippen LogP contribution in [0.15, 0.2) is 24.5 Å². The Morgan fingerprint density at radius 3 is 2.94 bits per heavy atom. The SMILES string of the molecule is CN(CCc1ccncc1)C(=O)[C@@H]1CCCN1. The molecule has 1 aromatic heterocycles. The van der Waals surface area contributed by atoms with E-state index in [9.17, 15) is 4.79 Å². The Bertz CT molecular complexity index is 360. The van der Waals surface area contributed by atoms with Crippen molar-refractivity contribution in [2.24, 2.45) is 0 Å². The van der Waals surface area contributed by atoms with Crippen LogP contribution in [0.3, 0.4) is 0 Å². The zero-order valence-electron chi connectivity index (χ0n) is 10.2. The highest BCUT2D eigenvalue weighted by molar-refractivity contribution is 5.81. The third kappa shape index (κ3) is 3.27. The average Bonchev–Trinajstić information content (AvgIpc) is 2.90. The van der Waals surface area contributed by atoms with Gasteiger partial charge in [-0.15, -0.1) is 0 Å². The molecule has 4 nitrogen and oxygen atoms in total. The van der Waals surface area contributed by atoms with E-state index in [0.717, 1.165) is 32.4 Å². The van der Waals surface area contributed by atoms with Crippen molar-refractivity contribution in [1.29, 1.82) is 0 Å². The van der Waals surface area contributed by atoms with Crippen molar-refractivity contribution in [3.05, 3.63) is 30.1 Å². The summed E-state index contributed by atoms with van der Waals surface area (Å²) in [6, 6.07) is 4.02. The molecule has 0 aromatic carbocycles. The summed E-state index contributed by atoms with van der Waals surface area (Å²) >= 11 is 0. The fourth-order valence-corrected chi connectivity index (χ4v) is 2.12. The van der Waals surface area contributed by atoms with Gasteiger partial charge in [-0.3, -0.25) is 9.78 Å². The van der Waals surface area contributed by atoms with Crippen LogP contribution in [-0.2, 0) is 11.2 Å². The van der Waals surface area contributed by atoms with Gasteiger partial charge in [-0.2, -0.15) is 0 Å². The Morgan fingerprint density at radius 2 is 2.29 bits per heavy atom. The number of rotatable bonds is 4. The maximum atomic E-state index is 12.0. The van der Waals surface area contributed by atoms with Crippen LogP contribution in [0, 0.1) is 0 Å². The molecule has 0 radical (unpaired) electrons. The molecule has 0 spiro atoms. The molecule has 0 aliphatic carbocycles. The lowest BCUT2D eigenvalue weighted by molar-refractivity contribution is -0.131. The normalized spacial score (nSPS) is 19.2. The van der Waals surface area contributed by atoms with Gasteiger partial charge in [0.25, 0.3) is 0 Å². The molecular weight excluding hydrogens is 214 g/mol. The summed E-state index contributed by atoms with van der Waals surface area (Å²) < 4.78 is 0. The zero-order valence-corrected chi connectivity index (χ0v) is 10.2. The zero-order chi connectivity index (χ0) is 12.1. The highest BCUT2D eigenvalue weighted by Crippen LogP contribution is 2.08. The van der Waals surface area contributed by atoms with Crippen molar-refractivity contribution in [2.75, 3.05) is 20.1 Å². The number of pyridine rings is 1. The molecule has 0 saturated carbocycles. The van der Waals surface area contributed by atoms with Gasteiger partial charge in [-0.1, -0.05) is 0 Å². The number of amides is 1. The Labute approximate surface area is 102 Å². The van der Waals surface area contributed by atoms with E-state index in [4.69, 9.17) is 0 Å². The predicted octanol–water partition coefficient (Wildman–Crippen LogP) is 0.834. The molecule has 17 heavy (non-hydrogen) atoms. The number of hydrogen-bond acceptors (Lipinski definition) is 3. The van der Waals surface area contributed by atoms with Gasteiger partial charge in [0.2, 0.25) is 5.91 Å². The lowest BCUT2D eigenvalue weighted by Crippen LogP contribution is -2.42. The monoisotopic (exact) mass is 233 g/mol. The highest BCUT2D eigenvalue weighted by Gasteiger charge is 2.24. The number of carbonyl (C=O) groups excluding carboxylic acids is 1. The standard InChI is InChI=1S/C13H19N3O/c1-16(13(17)12-3-2-7-15-12)10-6-11-4-8-14-9-5-11/h4-5,8-9,12,15H,2-3,6-7,10H2,1H3/t12-/m0/s1. The van der Waals surface area contributed by atoms with E-state index in [-0.39, 0.29) is 11.9 Å². The van der Waals surface area contributed by atoms with Gasteiger partial charge in [0.15, 0.2) is 0 Å². The fourth-order valence-electron chi connectivity index (χ4n) is 2.12. The molecule has 0 bridgehead atoms. The minimum absolute atomic E-state index is 0.0393. The largest absolute Gasteiger partial charge is 0.344 e. The van der Waals surface area contributed by atoms with Crippen LogP contribution in [0.5, 0.6) is 0 Å². The fraction of sp³-hybridized carbons (Fsp3) is 0.538. The van der Waals surface area contributed by atoms with E-state index >= 15 is 0 Å². The van der Waals surface area contributed by atoms with Crippen molar-refractivity contribution < 1.29 is 4.79 Å². The number of likely N-dealkylation sites (N-methyl/N-ethyl adjacent to an activating group) is 1.